The van der Waals surface area contributed by atoms with Gasteiger partial charge in [0.1, 0.15) is 5.82 Å². The molecule has 2 bridgehead atoms. The molecule has 3 atom stereocenters. The van der Waals surface area contributed by atoms with Gasteiger partial charge in [-0.2, -0.15) is 10.5 Å². The normalized spacial score (nSPS) is 25.4. The van der Waals surface area contributed by atoms with Crippen molar-refractivity contribution in [3.63, 3.8) is 0 Å². The molecule has 3 aliphatic rings. The van der Waals surface area contributed by atoms with E-state index in [1.165, 1.54) is 12.1 Å². The third kappa shape index (κ3) is 2.90. The molecule has 0 radical (unpaired) electrons. The van der Waals surface area contributed by atoms with Gasteiger partial charge in [0.15, 0.2) is 6.19 Å². The fraction of sp³-hybridized carbons (Fsp3) is 0.391. The second kappa shape index (κ2) is 6.81. The van der Waals surface area contributed by atoms with Crippen molar-refractivity contribution in [1.82, 2.24) is 15.2 Å². The van der Waals surface area contributed by atoms with E-state index in [4.69, 9.17) is 0 Å². The van der Waals surface area contributed by atoms with E-state index >= 15 is 0 Å². The summed E-state index contributed by atoms with van der Waals surface area (Å²) in [5.41, 5.74) is 1.33. The SMILES string of the molecule is N#CN1[C@H]2CC[C@@H]1[C@H](NC(=O)c1ccc(-c3cccc(C4(C#N)CC4)n3)cc1F)C2. The van der Waals surface area contributed by atoms with Gasteiger partial charge in [-0.3, -0.25) is 9.78 Å². The summed E-state index contributed by atoms with van der Waals surface area (Å²) < 4.78 is 14.8. The maximum absolute atomic E-state index is 14.8. The maximum atomic E-state index is 14.8. The number of carbonyl (C=O) groups excluding carboxylic acids is 1. The molecule has 1 amide bonds. The summed E-state index contributed by atoms with van der Waals surface area (Å²) in [4.78, 5) is 19.0. The molecule has 2 saturated heterocycles. The van der Waals surface area contributed by atoms with Gasteiger partial charge < -0.3 is 10.2 Å². The van der Waals surface area contributed by atoms with E-state index < -0.39 is 17.1 Å². The number of rotatable bonds is 4. The average Bonchev–Trinajstić information content (AvgIpc) is 3.38. The lowest BCUT2D eigenvalue weighted by Crippen LogP contribution is -2.43. The molecular formula is C23H20FN5O. The minimum Gasteiger partial charge on any atom is -0.347 e. The van der Waals surface area contributed by atoms with Gasteiger partial charge in [-0.05, 0) is 56.4 Å². The van der Waals surface area contributed by atoms with Gasteiger partial charge in [0.05, 0.1) is 40.5 Å². The van der Waals surface area contributed by atoms with Crippen molar-refractivity contribution in [2.75, 3.05) is 0 Å². The van der Waals surface area contributed by atoms with Crippen molar-refractivity contribution in [1.29, 1.82) is 10.5 Å². The summed E-state index contributed by atoms with van der Waals surface area (Å²) >= 11 is 0. The lowest BCUT2D eigenvalue weighted by atomic mass is 9.95. The van der Waals surface area contributed by atoms with E-state index in [0.717, 1.165) is 32.1 Å². The average molecular weight is 401 g/mol. The molecule has 1 aliphatic carbocycles. The Morgan fingerprint density at radius 2 is 2.07 bits per heavy atom. The zero-order valence-electron chi connectivity index (χ0n) is 16.3. The minimum absolute atomic E-state index is 0.00750. The Labute approximate surface area is 173 Å². The highest BCUT2D eigenvalue weighted by atomic mass is 19.1. The van der Waals surface area contributed by atoms with Crippen LogP contribution >= 0.6 is 0 Å². The van der Waals surface area contributed by atoms with Crippen LogP contribution in [0.3, 0.4) is 0 Å². The van der Waals surface area contributed by atoms with Gasteiger partial charge in [-0.25, -0.2) is 4.39 Å². The van der Waals surface area contributed by atoms with Crippen LogP contribution in [0.2, 0.25) is 0 Å². The Balaban J connectivity index is 1.35. The van der Waals surface area contributed by atoms with Gasteiger partial charge in [0, 0.05) is 11.6 Å². The number of benzene rings is 1. The third-order valence-electron chi connectivity index (χ3n) is 6.68. The number of hydrogen-bond acceptors (Lipinski definition) is 5. The standard InChI is InChI=1S/C23H20FN5O/c24-17-10-14(18-2-1-3-21(27-18)23(12-25)8-9-23)4-6-16(17)22(30)28-19-11-15-5-7-20(19)29(15)13-26/h1-4,6,10,15,19-20H,5,7-9,11H2,(H,28,30)/t15-,19+,20+/m0/s1. The molecule has 30 heavy (non-hydrogen) atoms. The first kappa shape index (κ1) is 18.6. The summed E-state index contributed by atoms with van der Waals surface area (Å²) in [5.74, 6) is -1.07. The predicted molar refractivity (Wildman–Crippen MR) is 106 cm³/mol. The first-order valence-corrected chi connectivity index (χ1v) is 10.2. The number of halogens is 1. The van der Waals surface area contributed by atoms with Crippen molar-refractivity contribution in [3.05, 3.63) is 53.5 Å². The Morgan fingerprint density at radius 3 is 2.73 bits per heavy atom. The largest absolute Gasteiger partial charge is 0.347 e. The lowest BCUT2D eigenvalue weighted by molar-refractivity contribution is 0.0924. The number of carbonyl (C=O) groups is 1. The van der Waals surface area contributed by atoms with Crippen LogP contribution in [-0.2, 0) is 5.41 Å². The van der Waals surface area contributed by atoms with E-state index in [-0.39, 0.29) is 23.7 Å². The highest BCUT2D eigenvalue weighted by molar-refractivity contribution is 5.95. The molecule has 1 aromatic heterocycles. The lowest BCUT2D eigenvalue weighted by Gasteiger charge is -2.22. The smallest absolute Gasteiger partial charge is 0.254 e. The molecular weight excluding hydrogens is 381 g/mol. The zero-order chi connectivity index (χ0) is 20.9. The Morgan fingerprint density at radius 1 is 1.23 bits per heavy atom. The number of hydrogen-bond donors (Lipinski definition) is 1. The summed E-state index contributed by atoms with van der Waals surface area (Å²) in [5, 5.41) is 21.6. The first-order chi connectivity index (χ1) is 14.5. The third-order valence-corrected chi connectivity index (χ3v) is 6.68. The Bertz CT molecular complexity index is 1110. The second-order valence-electron chi connectivity index (χ2n) is 8.42. The van der Waals surface area contributed by atoms with E-state index in [1.807, 2.05) is 12.1 Å². The molecule has 150 valence electrons. The Hall–Kier alpha value is -3.45. The van der Waals surface area contributed by atoms with Crippen LogP contribution in [0.4, 0.5) is 4.39 Å². The van der Waals surface area contributed by atoms with E-state index in [9.17, 15) is 19.7 Å². The van der Waals surface area contributed by atoms with E-state index in [2.05, 4.69) is 22.6 Å². The predicted octanol–water partition coefficient (Wildman–Crippen LogP) is 3.26. The quantitative estimate of drug-likeness (QED) is 0.794. The van der Waals surface area contributed by atoms with Crippen molar-refractivity contribution in [2.24, 2.45) is 0 Å². The maximum Gasteiger partial charge on any atom is 0.254 e. The number of fused-ring (bicyclic) bond motifs is 2. The first-order valence-electron chi connectivity index (χ1n) is 10.2. The molecule has 7 heteroatoms. The van der Waals surface area contributed by atoms with Crippen LogP contribution in [-0.4, -0.2) is 33.9 Å². The number of amides is 1. The molecule has 3 fully saturated rings. The molecule has 2 aromatic rings. The summed E-state index contributed by atoms with van der Waals surface area (Å²) in [6.45, 7) is 0. The van der Waals surface area contributed by atoms with E-state index in [0.29, 0.717) is 17.0 Å². The topological polar surface area (TPSA) is 92.8 Å². The Kier molecular flexibility index (Phi) is 4.22. The monoisotopic (exact) mass is 401 g/mol. The molecule has 1 N–H and O–H groups in total. The van der Waals surface area contributed by atoms with Crippen molar-refractivity contribution in [2.45, 2.75) is 55.6 Å². The van der Waals surface area contributed by atoms with Gasteiger partial charge in [-0.1, -0.05) is 12.1 Å². The van der Waals surface area contributed by atoms with Gasteiger partial charge in [0.25, 0.3) is 5.91 Å². The molecule has 1 aromatic carbocycles. The van der Waals surface area contributed by atoms with Crippen LogP contribution in [0.5, 0.6) is 0 Å². The number of nitrogens with zero attached hydrogens (tertiary/aromatic N) is 4. The fourth-order valence-electron chi connectivity index (χ4n) is 4.82. The van der Waals surface area contributed by atoms with Crippen LogP contribution in [0, 0.1) is 28.6 Å². The van der Waals surface area contributed by atoms with Crippen molar-refractivity contribution < 1.29 is 9.18 Å². The molecule has 0 unspecified atom stereocenters. The number of pyridine rings is 1. The van der Waals surface area contributed by atoms with Crippen molar-refractivity contribution >= 4 is 5.91 Å². The molecule has 2 aliphatic heterocycles. The number of nitriles is 2. The van der Waals surface area contributed by atoms with Gasteiger partial charge >= 0.3 is 0 Å². The van der Waals surface area contributed by atoms with Crippen molar-refractivity contribution in [3.8, 4) is 23.5 Å². The van der Waals surface area contributed by atoms with Crippen LogP contribution in [0.15, 0.2) is 36.4 Å². The van der Waals surface area contributed by atoms with Crippen LogP contribution in [0.25, 0.3) is 11.3 Å². The number of nitrogens with one attached hydrogen (secondary N) is 1. The molecule has 1 saturated carbocycles. The molecule has 3 heterocycles. The summed E-state index contributed by atoms with van der Waals surface area (Å²) in [6, 6.07) is 12.3. The highest BCUT2D eigenvalue weighted by Gasteiger charge is 2.47. The van der Waals surface area contributed by atoms with Crippen LogP contribution in [0.1, 0.15) is 48.2 Å². The van der Waals surface area contributed by atoms with E-state index in [1.54, 1.807) is 17.0 Å². The van der Waals surface area contributed by atoms with Gasteiger partial charge in [0.2, 0.25) is 0 Å². The summed E-state index contributed by atoms with van der Waals surface area (Å²) in [6.07, 6.45) is 6.35. The molecule has 5 rings (SSSR count). The zero-order valence-corrected chi connectivity index (χ0v) is 16.3. The number of aromatic nitrogens is 1. The van der Waals surface area contributed by atoms with Crippen LogP contribution < -0.4 is 5.32 Å². The van der Waals surface area contributed by atoms with Gasteiger partial charge in [-0.15, -0.1) is 0 Å². The molecule has 6 nitrogen and oxygen atoms in total. The fourth-order valence-corrected chi connectivity index (χ4v) is 4.82. The summed E-state index contributed by atoms with van der Waals surface area (Å²) in [7, 11) is 0. The highest BCUT2D eigenvalue weighted by Crippen LogP contribution is 2.47. The minimum atomic E-state index is -0.612. The second-order valence-corrected chi connectivity index (χ2v) is 8.42. The molecule has 0 spiro atoms.